The summed E-state index contributed by atoms with van der Waals surface area (Å²) >= 11 is 0. The number of rotatable bonds is 3. The van der Waals surface area contributed by atoms with Crippen molar-refractivity contribution >= 4 is 35.2 Å². The molecule has 0 radical (unpaired) electrons. The minimum atomic E-state index is -0.0606. The van der Waals surface area contributed by atoms with Gasteiger partial charge in [0.05, 0.1) is 23.5 Å². The molecular formula is C21H19N3O2. The monoisotopic (exact) mass is 345 g/mol. The van der Waals surface area contributed by atoms with E-state index >= 15 is 0 Å². The number of aliphatic hydroxyl groups is 1. The molecule has 0 spiro atoms. The number of nitriles is 1. The van der Waals surface area contributed by atoms with Gasteiger partial charge in [-0.1, -0.05) is 42.5 Å². The Morgan fingerprint density at radius 1 is 1.27 bits per heavy atom. The van der Waals surface area contributed by atoms with E-state index in [1.165, 1.54) is 0 Å². The molecule has 0 saturated carbocycles. The van der Waals surface area contributed by atoms with Crippen LogP contribution in [0.2, 0.25) is 0 Å². The number of hydrogen-bond acceptors (Lipinski definition) is 4. The van der Waals surface area contributed by atoms with E-state index in [4.69, 9.17) is 5.26 Å². The molecule has 0 unspecified atom stereocenters. The Kier molecular flexibility index (Phi) is 5.04. The van der Waals surface area contributed by atoms with Gasteiger partial charge in [-0.3, -0.25) is 4.79 Å². The number of benzene rings is 2. The summed E-state index contributed by atoms with van der Waals surface area (Å²) in [7, 11) is 0. The number of anilines is 2. The topological polar surface area (TPSA) is 85.2 Å². The van der Waals surface area contributed by atoms with Crippen molar-refractivity contribution in [3.63, 3.8) is 0 Å². The highest BCUT2D eigenvalue weighted by Gasteiger charge is 2.18. The van der Waals surface area contributed by atoms with Crippen LogP contribution in [-0.2, 0) is 4.79 Å². The highest BCUT2D eigenvalue weighted by molar-refractivity contribution is 5.98. The Labute approximate surface area is 152 Å². The van der Waals surface area contributed by atoms with Gasteiger partial charge in [-0.25, -0.2) is 0 Å². The van der Waals surface area contributed by atoms with Crippen LogP contribution in [0.5, 0.6) is 0 Å². The SMILES string of the molecule is C[C@@H]1CC(=O)Nc2cccc(/C=C/c3cccc(/C(O)=C/C#N)c3)c2N1. The van der Waals surface area contributed by atoms with Gasteiger partial charge in [0.1, 0.15) is 5.76 Å². The molecule has 0 saturated heterocycles. The number of amides is 1. The van der Waals surface area contributed by atoms with Gasteiger partial charge in [-0.2, -0.15) is 5.26 Å². The largest absolute Gasteiger partial charge is 0.507 e. The van der Waals surface area contributed by atoms with Crippen molar-refractivity contribution in [1.29, 1.82) is 5.26 Å². The summed E-state index contributed by atoms with van der Waals surface area (Å²) in [6, 6.07) is 14.9. The summed E-state index contributed by atoms with van der Waals surface area (Å²) in [5.41, 5.74) is 4.09. The van der Waals surface area contributed by atoms with E-state index in [0.717, 1.165) is 28.6 Å². The lowest BCUT2D eigenvalue weighted by atomic mass is 10.1. The number of hydrogen-bond donors (Lipinski definition) is 3. The fraction of sp³-hybridized carbons (Fsp3) is 0.143. The quantitative estimate of drug-likeness (QED) is 0.437. The van der Waals surface area contributed by atoms with E-state index < -0.39 is 0 Å². The van der Waals surface area contributed by atoms with E-state index in [1.54, 1.807) is 12.1 Å². The second-order valence-electron chi connectivity index (χ2n) is 6.18. The molecule has 130 valence electrons. The fourth-order valence-corrected chi connectivity index (χ4v) is 2.88. The second kappa shape index (κ2) is 7.58. The van der Waals surface area contributed by atoms with Crippen LogP contribution in [0.15, 0.2) is 48.5 Å². The Bertz CT molecular complexity index is 939. The number of carbonyl (C=O) groups excluding carboxylic acids is 1. The molecule has 5 nitrogen and oxygen atoms in total. The predicted octanol–water partition coefficient (Wildman–Crippen LogP) is 4.42. The van der Waals surface area contributed by atoms with Gasteiger partial charge in [0.25, 0.3) is 0 Å². The molecule has 1 atom stereocenters. The Morgan fingerprint density at radius 3 is 2.88 bits per heavy atom. The van der Waals surface area contributed by atoms with Crippen molar-refractivity contribution in [2.45, 2.75) is 19.4 Å². The minimum Gasteiger partial charge on any atom is -0.507 e. The molecular weight excluding hydrogens is 326 g/mol. The number of nitrogens with one attached hydrogen (secondary N) is 2. The molecule has 0 aromatic heterocycles. The second-order valence-corrected chi connectivity index (χ2v) is 6.18. The number of allylic oxidation sites excluding steroid dienone is 1. The summed E-state index contributed by atoms with van der Waals surface area (Å²) in [6.45, 7) is 1.98. The van der Waals surface area contributed by atoms with Crippen molar-refractivity contribution in [3.8, 4) is 6.07 Å². The van der Waals surface area contributed by atoms with Crippen molar-refractivity contribution in [3.05, 3.63) is 65.2 Å². The molecule has 0 bridgehead atoms. The van der Waals surface area contributed by atoms with E-state index in [-0.39, 0.29) is 17.7 Å². The smallest absolute Gasteiger partial charge is 0.226 e. The molecule has 0 aliphatic carbocycles. The fourth-order valence-electron chi connectivity index (χ4n) is 2.88. The Hall–Kier alpha value is -3.52. The molecule has 26 heavy (non-hydrogen) atoms. The van der Waals surface area contributed by atoms with Gasteiger partial charge in [0.2, 0.25) is 5.91 Å². The van der Waals surface area contributed by atoms with E-state index in [0.29, 0.717) is 12.0 Å². The van der Waals surface area contributed by atoms with E-state index in [1.807, 2.05) is 55.5 Å². The molecule has 2 aromatic carbocycles. The standard InChI is InChI=1S/C21H19N3O2/c1-14-12-20(26)24-18-7-3-5-16(21(18)23-14)9-8-15-4-2-6-17(13-15)19(25)10-11-22/h2-10,13-14,23,25H,12H2,1H3,(H,24,26)/b9-8+,19-10-/t14-/m1/s1. The molecule has 1 heterocycles. The first-order valence-electron chi connectivity index (χ1n) is 8.33. The van der Waals surface area contributed by atoms with E-state index in [9.17, 15) is 9.90 Å². The number of para-hydroxylation sites is 1. The molecule has 3 N–H and O–H groups in total. The van der Waals surface area contributed by atoms with Crippen LogP contribution < -0.4 is 10.6 Å². The van der Waals surface area contributed by atoms with Crippen molar-refractivity contribution in [2.24, 2.45) is 0 Å². The zero-order chi connectivity index (χ0) is 18.5. The molecule has 1 aliphatic rings. The molecule has 0 fully saturated rings. The van der Waals surface area contributed by atoms with Gasteiger partial charge >= 0.3 is 0 Å². The lowest BCUT2D eigenvalue weighted by Gasteiger charge is -2.14. The molecule has 5 heteroatoms. The van der Waals surface area contributed by atoms with Crippen LogP contribution in [0.25, 0.3) is 17.9 Å². The first kappa shape index (κ1) is 17.3. The summed E-state index contributed by atoms with van der Waals surface area (Å²) in [5, 5.41) is 24.8. The third-order valence-corrected chi connectivity index (χ3v) is 4.09. The van der Waals surface area contributed by atoms with Crippen LogP contribution in [0.1, 0.15) is 30.0 Å². The first-order valence-corrected chi connectivity index (χ1v) is 8.33. The van der Waals surface area contributed by atoms with Crippen LogP contribution in [0, 0.1) is 11.3 Å². The maximum atomic E-state index is 11.9. The van der Waals surface area contributed by atoms with E-state index in [2.05, 4.69) is 10.6 Å². The normalized spacial score (nSPS) is 17.0. The van der Waals surface area contributed by atoms with Crippen molar-refractivity contribution < 1.29 is 9.90 Å². The zero-order valence-corrected chi connectivity index (χ0v) is 14.4. The highest BCUT2D eigenvalue weighted by atomic mass is 16.3. The van der Waals surface area contributed by atoms with Crippen molar-refractivity contribution in [1.82, 2.24) is 0 Å². The van der Waals surface area contributed by atoms with Gasteiger partial charge in [-0.15, -0.1) is 0 Å². The van der Waals surface area contributed by atoms with Gasteiger partial charge in [0.15, 0.2) is 0 Å². The first-order chi connectivity index (χ1) is 12.6. The summed E-state index contributed by atoms with van der Waals surface area (Å²) in [4.78, 5) is 11.9. The summed E-state index contributed by atoms with van der Waals surface area (Å²) in [6.07, 6.45) is 5.41. The van der Waals surface area contributed by atoms with Gasteiger partial charge < -0.3 is 15.7 Å². The molecule has 3 rings (SSSR count). The third-order valence-electron chi connectivity index (χ3n) is 4.09. The van der Waals surface area contributed by atoms with Crippen molar-refractivity contribution in [2.75, 3.05) is 10.6 Å². The van der Waals surface area contributed by atoms with Crippen LogP contribution >= 0.6 is 0 Å². The third kappa shape index (κ3) is 3.93. The van der Waals surface area contributed by atoms with Gasteiger partial charge in [0, 0.05) is 18.0 Å². The predicted molar refractivity (Wildman–Crippen MR) is 104 cm³/mol. The summed E-state index contributed by atoms with van der Waals surface area (Å²) < 4.78 is 0. The van der Waals surface area contributed by atoms with Crippen LogP contribution in [-0.4, -0.2) is 17.1 Å². The Morgan fingerprint density at radius 2 is 2.08 bits per heavy atom. The molecule has 1 amide bonds. The zero-order valence-electron chi connectivity index (χ0n) is 14.4. The Balaban J connectivity index is 1.92. The molecule has 1 aliphatic heterocycles. The van der Waals surface area contributed by atoms with Crippen LogP contribution in [0.4, 0.5) is 11.4 Å². The van der Waals surface area contributed by atoms with Crippen LogP contribution in [0.3, 0.4) is 0 Å². The number of aliphatic hydroxyl groups excluding tert-OH is 1. The average Bonchev–Trinajstić information content (AvgIpc) is 2.77. The lowest BCUT2D eigenvalue weighted by molar-refractivity contribution is -0.116. The maximum absolute atomic E-state index is 11.9. The highest BCUT2D eigenvalue weighted by Crippen LogP contribution is 2.31. The summed E-state index contributed by atoms with van der Waals surface area (Å²) in [5.74, 6) is -0.0631. The van der Waals surface area contributed by atoms with Gasteiger partial charge in [-0.05, 0) is 30.2 Å². The number of carbonyl (C=O) groups is 1. The number of nitrogens with zero attached hydrogens (tertiary/aromatic N) is 1. The molecule has 2 aromatic rings. The minimum absolute atomic E-state index is 0.00247. The number of fused-ring (bicyclic) bond motifs is 1. The maximum Gasteiger partial charge on any atom is 0.226 e. The average molecular weight is 345 g/mol. The lowest BCUT2D eigenvalue weighted by Crippen LogP contribution is -2.19.